The third kappa shape index (κ3) is 7.09. The quantitative estimate of drug-likeness (QED) is 0.355. The minimum Gasteiger partial charge on any atom is -0.370 e. The summed E-state index contributed by atoms with van der Waals surface area (Å²) >= 11 is 0. The second-order valence-electron chi connectivity index (χ2n) is 8.32. The van der Waals surface area contributed by atoms with Gasteiger partial charge in [0, 0.05) is 65.1 Å². The maximum atomic E-state index is 12.7. The number of nitrogens with zero attached hydrogens (tertiary/aromatic N) is 5. The van der Waals surface area contributed by atoms with E-state index in [9.17, 15) is 4.79 Å². The topological polar surface area (TPSA) is 76.1 Å². The lowest BCUT2D eigenvalue weighted by Gasteiger charge is -2.39. The van der Waals surface area contributed by atoms with Crippen molar-refractivity contribution in [1.82, 2.24) is 25.0 Å². The molecule has 1 amide bonds. The number of nitrogens with one attached hydrogen (secondary N) is 2. The SMILES string of the molecule is CCNC(=NCCCCNc1ccccn1)N1CCN(C(C)C(=O)N2CCCC2)CC1. The molecular weight excluding hydrogens is 390 g/mol. The van der Waals surface area contributed by atoms with E-state index < -0.39 is 0 Å². The lowest BCUT2D eigenvalue weighted by atomic mass is 10.2. The molecule has 0 spiro atoms. The zero-order chi connectivity index (χ0) is 21.9. The number of piperazine rings is 1. The molecule has 2 aliphatic heterocycles. The zero-order valence-corrected chi connectivity index (χ0v) is 19.2. The largest absolute Gasteiger partial charge is 0.370 e. The molecule has 0 saturated carbocycles. The molecule has 0 aliphatic carbocycles. The van der Waals surface area contributed by atoms with E-state index in [0.717, 1.165) is 96.4 Å². The summed E-state index contributed by atoms with van der Waals surface area (Å²) < 4.78 is 0. The van der Waals surface area contributed by atoms with Gasteiger partial charge in [-0.25, -0.2) is 4.98 Å². The highest BCUT2D eigenvalue weighted by Gasteiger charge is 2.30. The molecule has 8 nitrogen and oxygen atoms in total. The van der Waals surface area contributed by atoms with Crippen LogP contribution in [0.1, 0.15) is 39.5 Å². The Morgan fingerprint density at radius 2 is 1.87 bits per heavy atom. The van der Waals surface area contributed by atoms with Crippen LogP contribution in [0.15, 0.2) is 29.4 Å². The molecule has 2 fully saturated rings. The Kier molecular flexibility index (Phi) is 9.39. The Balaban J connectivity index is 1.39. The summed E-state index contributed by atoms with van der Waals surface area (Å²) in [5, 5.41) is 6.78. The van der Waals surface area contributed by atoms with E-state index in [4.69, 9.17) is 4.99 Å². The van der Waals surface area contributed by atoms with Gasteiger partial charge in [0.15, 0.2) is 5.96 Å². The predicted octanol–water partition coefficient (Wildman–Crippen LogP) is 1.87. The highest BCUT2D eigenvalue weighted by atomic mass is 16.2. The number of hydrogen-bond donors (Lipinski definition) is 2. The summed E-state index contributed by atoms with van der Waals surface area (Å²) in [7, 11) is 0. The van der Waals surface area contributed by atoms with E-state index in [2.05, 4.69) is 39.3 Å². The highest BCUT2D eigenvalue weighted by Crippen LogP contribution is 2.14. The second-order valence-corrected chi connectivity index (χ2v) is 8.32. The van der Waals surface area contributed by atoms with Crippen LogP contribution >= 0.6 is 0 Å². The van der Waals surface area contributed by atoms with Gasteiger partial charge < -0.3 is 20.4 Å². The molecule has 1 atom stereocenters. The number of carbonyl (C=O) groups is 1. The number of aliphatic imine (C=N–C) groups is 1. The molecule has 3 heterocycles. The second kappa shape index (κ2) is 12.5. The van der Waals surface area contributed by atoms with Crippen LogP contribution in [-0.2, 0) is 4.79 Å². The number of guanidine groups is 1. The Labute approximate surface area is 187 Å². The Bertz CT molecular complexity index is 682. The van der Waals surface area contributed by atoms with E-state index in [1.807, 2.05) is 23.1 Å². The monoisotopic (exact) mass is 429 g/mol. The van der Waals surface area contributed by atoms with E-state index >= 15 is 0 Å². The summed E-state index contributed by atoms with van der Waals surface area (Å²) in [5.41, 5.74) is 0. The molecule has 2 N–H and O–H groups in total. The van der Waals surface area contributed by atoms with Crippen molar-refractivity contribution in [1.29, 1.82) is 0 Å². The van der Waals surface area contributed by atoms with Crippen LogP contribution < -0.4 is 10.6 Å². The van der Waals surface area contributed by atoms with Crippen molar-refractivity contribution >= 4 is 17.7 Å². The summed E-state index contributed by atoms with van der Waals surface area (Å²) in [5.74, 6) is 2.22. The first kappa shape index (κ1) is 23.3. The van der Waals surface area contributed by atoms with Gasteiger partial charge in [-0.3, -0.25) is 14.7 Å². The molecule has 0 bridgehead atoms. The predicted molar refractivity (Wildman–Crippen MR) is 126 cm³/mol. The number of unbranched alkanes of at least 4 members (excludes halogenated alkanes) is 1. The third-order valence-corrected chi connectivity index (χ3v) is 6.09. The van der Waals surface area contributed by atoms with E-state index in [-0.39, 0.29) is 6.04 Å². The fourth-order valence-electron chi connectivity index (χ4n) is 4.21. The van der Waals surface area contributed by atoms with Crippen LogP contribution in [0.5, 0.6) is 0 Å². The van der Waals surface area contributed by atoms with Gasteiger partial charge in [-0.15, -0.1) is 0 Å². The molecule has 1 unspecified atom stereocenters. The van der Waals surface area contributed by atoms with Crippen molar-refractivity contribution in [3.8, 4) is 0 Å². The van der Waals surface area contributed by atoms with Gasteiger partial charge in [0.1, 0.15) is 5.82 Å². The Morgan fingerprint density at radius 3 is 2.55 bits per heavy atom. The van der Waals surface area contributed by atoms with Gasteiger partial charge in [-0.05, 0) is 51.7 Å². The van der Waals surface area contributed by atoms with Crippen LogP contribution in [0, 0.1) is 0 Å². The van der Waals surface area contributed by atoms with Crippen molar-refractivity contribution in [3.63, 3.8) is 0 Å². The number of pyridine rings is 1. The van der Waals surface area contributed by atoms with Gasteiger partial charge in [0.2, 0.25) is 5.91 Å². The molecule has 0 radical (unpaired) electrons. The summed E-state index contributed by atoms with van der Waals surface area (Å²) in [6.07, 6.45) is 6.19. The maximum Gasteiger partial charge on any atom is 0.239 e. The molecule has 0 aromatic carbocycles. The lowest BCUT2D eigenvalue weighted by Crippen LogP contribution is -2.57. The first-order valence-electron chi connectivity index (χ1n) is 11.9. The van der Waals surface area contributed by atoms with Crippen LogP contribution in [0.3, 0.4) is 0 Å². The van der Waals surface area contributed by atoms with Crippen molar-refractivity contribution in [2.75, 3.05) is 64.2 Å². The standard InChI is InChI=1S/C23H39N7O/c1-3-24-23(27-13-7-6-12-26-21-10-4-5-11-25-21)30-18-16-28(17-19-30)20(2)22(31)29-14-8-9-15-29/h4-5,10-11,20H,3,6-9,12-19H2,1-2H3,(H,24,27)(H,25,26). The number of amides is 1. The maximum absolute atomic E-state index is 12.7. The summed E-state index contributed by atoms with van der Waals surface area (Å²) in [6.45, 7) is 12.2. The average Bonchev–Trinajstić information content (AvgIpc) is 3.35. The smallest absolute Gasteiger partial charge is 0.239 e. The number of hydrogen-bond acceptors (Lipinski definition) is 5. The molecule has 3 rings (SSSR count). The molecule has 31 heavy (non-hydrogen) atoms. The first-order chi connectivity index (χ1) is 15.2. The van der Waals surface area contributed by atoms with Gasteiger partial charge >= 0.3 is 0 Å². The van der Waals surface area contributed by atoms with Gasteiger partial charge in [-0.2, -0.15) is 0 Å². The van der Waals surface area contributed by atoms with E-state index in [1.165, 1.54) is 0 Å². The molecule has 1 aromatic heterocycles. The van der Waals surface area contributed by atoms with Crippen molar-refractivity contribution < 1.29 is 4.79 Å². The first-order valence-corrected chi connectivity index (χ1v) is 11.9. The summed E-state index contributed by atoms with van der Waals surface area (Å²) in [4.78, 5) is 28.5. The summed E-state index contributed by atoms with van der Waals surface area (Å²) in [6, 6.07) is 5.88. The van der Waals surface area contributed by atoms with E-state index in [1.54, 1.807) is 6.20 Å². The van der Waals surface area contributed by atoms with Crippen LogP contribution in [0.4, 0.5) is 5.82 Å². The number of likely N-dealkylation sites (tertiary alicyclic amines) is 1. The molecule has 2 saturated heterocycles. The van der Waals surface area contributed by atoms with Crippen molar-refractivity contribution in [3.05, 3.63) is 24.4 Å². The van der Waals surface area contributed by atoms with E-state index in [0.29, 0.717) is 5.91 Å². The van der Waals surface area contributed by atoms with Crippen molar-refractivity contribution in [2.45, 2.75) is 45.6 Å². The molecule has 172 valence electrons. The lowest BCUT2D eigenvalue weighted by molar-refractivity contribution is -0.135. The fourth-order valence-corrected chi connectivity index (χ4v) is 4.21. The van der Waals surface area contributed by atoms with Crippen LogP contribution in [0.25, 0.3) is 0 Å². The molecular formula is C23H39N7O. The minimum absolute atomic E-state index is 0.0219. The Hall–Kier alpha value is -2.35. The Morgan fingerprint density at radius 1 is 1.10 bits per heavy atom. The number of rotatable bonds is 9. The number of aromatic nitrogens is 1. The fraction of sp³-hybridized carbons (Fsp3) is 0.696. The van der Waals surface area contributed by atoms with Gasteiger partial charge in [0.25, 0.3) is 0 Å². The van der Waals surface area contributed by atoms with Crippen LogP contribution in [-0.4, -0.2) is 96.5 Å². The number of carbonyl (C=O) groups excluding carboxylic acids is 1. The number of anilines is 1. The van der Waals surface area contributed by atoms with Gasteiger partial charge in [0.05, 0.1) is 6.04 Å². The van der Waals surface area contributed by atoms with Crippen LogP contribution in [0.2, 0.25) is 0 Å². The van der Waals surface area contributed by atoms with Gasteiger partial charge in [-0.1, -0.05) is 6.07 Å². The minimum atomic E-state index is -0.0219. The molecule has 2 aliphatic rings. The zero-order valence-electron chi connectivity index (χ0n) is 19.2. The third-order valence-electron chi connectivity index (χ3n) is 6.09. The molecule has 1 aromatic rings. The average molecular weight is 430 g/mol. The highest BCUT2D eigenvalue weighted by molar-refractivity contribution is 5.82. The normalized spacial score (nSPS) is 18.8. The van der Waals surface area contributed by atoms with Crippen molar-refractivity contribution in [2.24, 2.45) is 4.99 Å². The molecule has 8 heteroatoms.